The van der Waals surface area contributed by atoms with Crippen molar-refractivity contribution in [1.29, 1.82) is 0 Å². The standard InChI is InChI=1S/2C23H31N3O2.ClH/c2*1-2-4-20(5-3-1)17-27-13-9-19-7-11-26(12-8-19)22-14-23(16-24-15-22)28-18-21-6-10-25-21;/h2*1-5,14-16,19,21,25H,6-13,17-18H2;1H. The fourth-order valence-corrected chi connectivity index (χ4v) is 7.68. The van der Waals surface area contributed by atoms with Crippen molar-refractivity contribution in [1.82, 2.24) is 20.6 Å². The van der Waals surface area contributed by atoms with Gasteiger partial charge in [0.15, 0.2) is 0 Å². The van der Waals surface area contributed by atoms with Gasteiger partial charge in [0.1, 0.15) is 24.7 Å². The first-order chi connectivity index (χ1) is 27.7. The average molecular weight is 800 g/mol. The summed E-state index contributed by atoms with van der Waals surface area (Å²) in [6.45, 7) is 11.1. The van der Waals surface area contributed by atoms with Crippen molar-refractivity contribution in [2.24, 2.45) is 11.8 Å². The highest BCUT2D eigenvalue weighted by Gasteiger charge is 2.22. The zero-order valence-electron chi connectivity index (χ0n) is 33.5. The van der Waals surface area contributed by atoms with Crippen molar-refractivity contribution < 1.29 is 18.9 Å². The van der Waals surface area contributed by atoms with Gasteiger partial charge in [0.2, 0.25) is 0 Å². The Morgan fingerprint density at radius 2 is 0.947 bits per heavy atom. The van der Waals surface area contributed by atoms with Crippen molar-refractivity contribution in [2.75, 3.05) is 75.5 Å². The van der Waals surface area contributed by atoms with Crippen molar-refractivity contribution in [3.63, 3.8) is 0 Å². The number of hydrogen-bond donors (Lipinski definition) is 2. The molecule has 0 saturated carbocycles. The van der Waals surface area contributed by atoms with Gasteiger partial charge in [-0.05, 0) is 87.4 Å². The molecule has 2 unspecified atom stereocenters. The molecular weight excluding hydrogens is 736 g/mol. The molecule has 4 aliphatic rings. The third-order valence-electron chi connectivity index (χ3n) is 11.7. The topological polar surface area (TPSA) is 93.2 Å². The highest BCUT2D eigenvalue weighted by molar-refractivity contribution is 5.85. The number of benzene rings is 2. The second kappa shape index (κ2) is 23.5. The van der Waals surface area contributed by atoms with Crippen LogP contribution in [0.5, 0.6) is 11.5 Å². The molecule has 2 N–H and O–H groups in total. The Labute approximate surface area is 346 Å². The van der Waals surface area contributed by atoms with Gasteiger partial charge in [-0.15, -0.1) is 12.4 Å². The molecular formula is C46H63ClN6O4. The summed E-state index contributed by atoms with van der Waals surface area (Å²) in [6, 6.07) is 26.1. The first-order valence-corrected chi connectivity index (χ1v) is 21.1. The monoisotopic (exact) mass is 798 g/mol. The molecule has 10 nitrogen and oxygen atoms in total. The number of ether oxygens (including phenoxy) is 4. The van der Waals surface area contributed by atoms with Crippen LogP contribution >= 0.6 is 12.4 Å². The van der Waals surface area contributed by atoms with Gasteiger partial charge in [-0.1, -0.05) is 60.7 Å². The summed E-state index contributed by atoms with van der Waals surface area (Å²) in [5.74, 6) is 3.26. The summed E-state index contributed by atoms with van der Waals surface area (Å²) >= 11 is 0. The number of piperidine rings is 2. The lowest BCUT2D eigenvalue weighted by Crippen LogP contribution is -2.46. The van der Waals surface area contributed by atoms with Gasteiger partial charge in [0.05, 0.1) is 49.4 Å². The molecule has 4 aromatic rings. The molecule has 0 spiro atoms. The van der Waals surface area contributed by atoms with Crippen LogP contribution < -0.4 is 29.9 Å². The maximum atomic E-state index is 5.90. The number of hydrogen-bond acceptors (Lipinski definition) is 10. The Balaban J connectivity index is 0.000000189. The van der Waals surface area contributed by atoms with Crippen molar-refractivity contribution in [3.8, 4) is 11.5 Å². The van der Waals surface area contributed by atoms with E-state index in [1.165, 1.54) is 61.0 Å². The molecule has 308 valence electrons. The van der Waals surface area contributed by atoms with E-state index >= 15 is 0 Å². The lowest BCUT2D eigenvalue weighted by molar-refractivity contribution is 0.104. The maximum absolute atomic E-state index is 5.90. The van der Waals surface area contributed by atoms with Crippen LogP contribution in [0.2, 0.25) is 0 Å². The predicted molar refractivity (Wildman–Crippen MR) is 231 cm³/mol. The molecule has 57 heavy (non-hydrogen) atoms. The van der Waals surface area contributed by atoms with Gasteiger partial charge in [-0.3, -0.25) is 9.97 Å². The van der Waals surface area contributed by atoms with E-state index in [1.807, 2.05) is 36.9 Å². The van der Waals surface area contributed by atoms with Crippen LogP contribution in [0.15, 0.2) is 97.6 Å². The van der Waals surface area contributed by atoms with Crippen LogP contribution in [0.1, 0.15) is 62.5 Å². The number of halogens is 1. The molecule has 2 aromatic carbocycles. The summed E-state index contributed by atoms with van der Waals surface area (Å²) < 4.78 is 23.5. The lowest BCUT2D eigenvalue weighted by atomic mass is 9.94. The van der Waals surface area contributed by atoms with Crippen molar-refractivity contribution in [3.05, 3.63) is 109 Å². The Bertz CT molecular complexity index is 1560. The number of anilines is 2. The number of nitrogens with one attached hydrogen (secondary N) is 2. The summed E-state index contributed by atoms with van der Waals surface area (Å²) in [5, 5.41) is 6.73. The molecule has 2 aromatic heterocycles. The van der Waals surface area contributed by atoms with Gasteiger partial charge in [0, 0.05) is 63.6 Å². The van der Waals surface area contributed by atoms with Gasteiger partial charge >= 0.3 is 0 Å². The molecule has 0 radical (unpaired) electrons. The third-order valence-corrected chi connectivity index (χ3v) is 11.7. The Morgan fingerprint density at radius 3 is 1.32 bits per heavy atom. The minimum absolute atomic E-state index is 0. The van der Waals surface area contributed by atoms with Crippen LogP contribution in [-0.4, -0.2) is 87.7 Å². The fraction of sp³-hybridized carbons (Fsp3) is 0.522. The van der Waals surface area contributed by atoms with E-state index in [-0.39, 0.29) is 12.4 Å². The van der Waals surface area contributed by atoms with Gasteiger partial charge < -0.3 is 39.4 Å². The summed E-state index contributed by atoms with van der Waals surface area (Å²) in [4.78, 5) is 13.6. The van der Waals surface area contributed by atoms with Crippen LogP contribution in [0, 0.1) is 11.8 Å². The van der Waals surface area contributed by atoms with E-state index in [1.54, 1.807) is 0 Å². The Kier molecular flexibility index (Phi) is 17.6. The summed E-state index contributed by atoms with van der Waals surface area (Å²) in [7, 11) is 0. The Morgan fingerprint density at radius 1 is 0.544 bits per heavy atom. The molecule has 4 saturated heterocycles. The molecule has 0 bridgehead atoms. The zero-order chi connectivity index (χ0) is 38.0. The van der Waals surface area contributed by atoms with E-state index in [0.717, 1.165) is 102 Å². The first kappa shape index (κ1) is 42.7. The predicted octanol–water partition coefficient (Wildman–Crippen LogP) is 7.71. The van der Waals surface area contributed by atoms with E-state index < -0.39 is 0 Å². The number of pyridine rings is 2. The zero-order valence-corrected chi connectivity index (χ0v) is 34.3. The fourth-order valence-electron chi connectivity index (χ4n) is 7.68. The smallest absolute Gasteiger partial charge is 0.139 e. The van der Waals surface area contributed by atoms with Crippen LogP contribution in [0.25, 0.3) is 0 Å². The van der Waals surface area contributed by atoms with E-state index in [0.29, 0.717) is 25.3 Å². The second-order valence-corrected chi connectivity index (χ2v) is 15.8. The van der Waals surface area contributed by atoms with Gasteiger partial charge in [-0.25, -0.2) is 0 Å². The number of rotatable bonds is 18. The quantitative estimate of drug-likeness (QED) is 0.0976. The van der Waals surface area contributed by atoms with Crippen LogP contribution in [0.4, 0.5) is 11.4 Å². The van der Waals surface area contributed by atoms with Gasteiger partial charge in [-0.2, -0.15) is 0 Å². The second-order valence-electron chi connectivity index (χ2n) is 15.8. The minimum Gasteiger partial charge on any atom is -0.490 e. The lowest BCUT2D eigenvalue weighted by Gasteiger charge is -2.33. The average Bonchev–Trinajstić information content (AvgIpc) is 3.22. The third kappa shape index (κ3) is 14.1. The van der Waals surface area contributed by atoms with Crippen LogP contribution in [0.3, 0.4) is 0 Å². The summed E-state index contributed by atoms with van der Waals surface area (Å²) in [5.41, 5.74) is 4.86. The minimum atomic E-state index is 0. The van der Waals surface area contributed by atoms with E-state index in [4.69, 9.17) is 18.9 Å². The molecule has 0 amide bonds. The first-order valence-electron chi connectivity index (χ1n) is 21.1. The number of aromatic nitrogens is 2. The van der Waals surface area contributed by atoms with E-state index in [2.05, 4.69) is 91.1 Å². The molecule has 4 aliphatic heterocycles. The normalized spacial score (nSPS) is 19.6. The highest BCUT2D eigenvalue weighted by Crippen LogP contribution is 2.29. The van der Waals surface area contributed by atoms with Gasteiger partial charge in [0.25, 0.3) is 0 Å². The maximum Gasteiger partial charge on any atom is 0.139 e. The molecule has 11 heteroatoms. The Hall–Kier alpha value is -3.93. The number of nitrogens with zero attached hydrogens (tertiary/aromatic N) is 4. The molecule has 2 atom stereocenters. The largest absolute Gasteiger partial charge is 0.490 e. The molecule has 0 aliphatic carbocycles. The molecule has 6 heterocycles. The van der Waals surface area contributed by atoms with E-state index in [9.17, 15) is 0 Å². The highest BCUT2D eigenvalue weighted by atomic mass is 35.5. The summed E-state index contributed by atoms with van der Waals surface area (Å²) in [6.07, 6.45) is 17.1. The molecule has 4 fully saturated rings. The SMILES string of the molecule is Cl.c1ccc(COCCC2CCN(c3cncc(OCC4CCN4)c3)CC2)cc1.c1ccc(COCCC2CCN(c3cncc(OCC4CCN4)c3)CC2)cc1. The van der Waals surface area contributed by atoms with Crippen molar-refractivity contribution >= 4 is 23.8 Å². The molecule has 8 rings (SSSR count). The van der Waals surface area contributed by atoms with Crippen LogP contribution in [-0.2, 0) is 22.7 Å². The van der Waals surface area contributed by atoms with Crippen molar-refractivity contribution in [2.45, 2.75) is 76.7 Å².